The third kappa shape index (κ3) is 3.29. The zero-order chi connectivity index (χ0) is 19.2. The number of aryl methyl sites for hydroxylation is 1. The molecule has 0 saturated carbocycles. The second-order valence-corrected chi connectivity index (χ2v) is 8.28. The van der Waals surface area contributed by atoms with Crippen molar-refractivity contribution >= 4 is 11.6 Å². The number of nitrogens with zero attached hydrogens (tertiary/aromatic N) is 4. The van der Waals surface area contributed by atoms with E-state index in [1.54, 1.807) is 24.5 Å². The molecule has 0 bridgehead atoms. The summed E-state index contributed by atoms with van der Waals surface area (Å²) in [5.41, 5.74) is 2.05. The van der Waals surface area contributed by atoms with Gasteiger partial charge in [-0.15, -0.1) is 0 Å². The Morgan fingerprint density at radius 2 is 2.07 bits per heavy atom. The maximum Gasteiger partial charge on any atom is 0.274 e. The molecule has 3 heterocycles. The van der Waals surface area contributed by atoms with Gasteiger partial charge in [0.15, 0.2) is 0 Å². The van der Waals surface area contributed by atoms with Crippen molar-refractivity contribution in [3.8, 4) is 0 Å². The van der Waals surface area contributed by atoms with Crippen LogP contribution in [0.5, 0.6) is 0 Å². The summed E-state index contributed by atoms with van der Waals surface area (Å²) >= 11 is 0. The molecular formula is C21H25FN4O. The number of likely N-dealkylation sites (tertiary alicyclic amines) is 1. The van der Waals surface area contributed by atoms with Crippen LogP contribution in [0.3, 0.4) is 0 Å². The summed E-state index contributed by atoms with van der Waals surface area (Å²) in [6.07, 6.45) is 5.03. The number of rotatable bonds is 2. The van der Waals surface area contributed by atoms with E-state index in [2.05, 4.69) is 28.7 Å². The van der Waals surface area contributed by atoms with Gasteiger partial charge in [-0.3, -0.25) is 9.78 Å². The third-order valence-corrected chi connectivity index (χ3v) is 5.81. The molecular weight excluding hydrogens is 343 g/mol. The molecule has 2 saturated heterocycles. The van der Waals surface area contributed by atoms with Crippen molar-refractivity contribution in [1.29, 1.82) is 0 Å². The van der Waals surface area contributed by atoms with Crippen molar-refractivity contribution in [3.05, 3.63) is 53.9 Å². The van der Waals surface area contributed by atoms with Crippen LogP contribution in [0.25, 0.3) is 0 Å². The van der Waals surface area contributed by atoms with Crippen LogP contribution in [-0.4, -0.2) is 45.4 Å². The summed E-state index contributed by atoms with van der Waals surface area (Å²) < 4.78 is 13.8. The summed E-state index contributed by atoms with van der Waals surface area (Å²) in [5.74, 6) is 0.0969. The summed E-state index contributed by atoms with van der Waals surface area (Å²) in [6.45, 7) is 7.64. The van der Waals surface area contributed by atoms with Crippen LogP contribution in [0, 0.1) is 18.7 Å². The predicted octanol–water partition coefficient (Wildman–Crippen LogP) is 3.44. The van der Waals surface area contributed by atoms with Crippen molar-refractivity contribution in [2.45, 2.75) is 45.2 Å². The molecule has 0 spiro atoms. The van der Waals surface area contributed by atoms with Gasteiger partial charge < -0.3 is 9.80 Å². The molecule has 0 unspecified atom stereocenters. The lowest BCUT2D eigenvalue weighted by Crippen LogP contribution is -2.50. The van der Waals surface area contributed by atoms with Crippen molar-refractivity contribution in [1.82, 2.24) is 14.9 Å². The Bertz CT molecular complexity index is 852. The fourth-order valence-corrected chi connectivity index (χ4v) is 4.77. The van der Waals surface area contributed by atoms with E-state index in [-0.39, 0.29) is 17.3 Å². The molecule has 2 aromatic rings. The van der Waals surface area contributed by atoms with E-state index in [9.17, 15) is 9.18 Å². The molecule has 4 rings (SSSR count). The first-order valence-electron chi connectivity index (χ1n) is 9.48. The molecule has 1 aromatic carbocycles. The Labute approximate surface area is 159 Å². The molecule has 0 N–H and O–H groups in total. The quantitative estimate of drug-likeness (QED) is 0.815. The molecule has 2 atom stereocenters. The fraction of sp³-hybridized carbons (Fsp3) is 0.476. The normalized spacial score (nSPS) is 24.0. The van der Waals surface area contributed by atoms with Crippen LogP contribution in [-0.2, 0) is 0 Å². The van der Waals surface area contributed by atoms with Crippen molar-refractivity contribution < 1.29 is 9.18 Å². The van der Waals surface area contributed by atoms with Crippen LogP contribution in [0.4, 0.5) is 10.1 Å². The van der Waals surface area contributed by atoms with E-state index >= 15 is 0 Å². The third-order valence-electron chi connectivity index (χ3n) is 5.81. The molecule has 1 amide bonds. The first-order chi connectivity index (χ1) is 12.8. The van der Waals surface area contributed by atoms with E-state index in [1.165, 1.54) is 6.07 Å². The molecule has 2 aliphatic heterocycles. The molecule has 5 nitrogen and oxygen atoms in total. The molecule has 6 heteroatoms. The van der Waals surface area contributed by atoms with E-state index in [4.69, 9.17) is 0 Å². The van der Waals surface area contributed by atoms with Gasteiger partial charge in [-0.05, 0) is 57.7 Å². The van der Waals surface area contributed by atoms with Crippen LogP contribution in [0.1, 0.15) is 42.9 Å². The molecule has 1 aromatic heterocycles. The van der Waals surface area contributed by atoms with Crippen molar-refractivity contribution in [2.75, 3.05) is 18.0 Å². The topological polar surface area (TPSA) is 49.3 Å². The summed E-state index contributed by atoms with van der Waals surface area (Å²) in [4.78, 5) is 25.5. The number of hydrogen-bond donors (Lipinski definition) is 0. The van der Waals surface area contributed by atoms with Gasteiger partial charge in [-0.2, -0.15) is 0 Å². The Kier molecular flexibility index (Phi) is 4.36. The Morgan fingerprint density at radius 1 is 1.26 bits per heavy atom. The number of piperidine rings is 1. The minimum atomic E-state index is -0.211. The molecule has 2 aliphatic rings. The number of amides is 1. The van der Waals surface area contributed by atoms with Crippen molar-refractivity contribution in [2.24, 2.45) is 5.92 Å². The number of hydrogen-bond acceptors (Lipinski definition) is 4. The SMILES string of the molecule is Cc1cnc(C(=O)N2CC[C@H]3[C@@H](C2)CC(C)(C)N3c2cccc(F)c2)cn1. The Morgan fingerprint density at radius 3 is 2.78 bits per heavy atom. The van der Waals surface area contributed by atoms with Gasteiger partial charge in [-0.25, -0.2) is 9.37 Å². The van der Waals surface area contributed by atoms with E-state index in [0.29, 0.717) is 30.7 Å². The second kappa shape index (κ2) is 6.59. The number of carbonyl (C=O) groups is 1. The minimum Gasteiger partial charge on any atom is -0.363 e. The lowest BCUT2D eigenvalue weighted by molar-refractivity contribution is 0.0661. The summed E-state index contributed by atoms with van der Waals surface area (Å²) in [5, 5.41) is 0. The maximum absolute atomic E-state index is 13.8. The molecule has 142 valence electrons. The van der Waals surface area contributed by atoms with Gasteiger partial charge in [0.2, 0.25) is 0 Å². The molecule has 27 heavy (non-hydrogen) atoms. The zero-order valence-electron chi connectivity index (χ0n) is 16.0. The second-order valence-electron chi connectivity index (χ2n) is 8.28. The highest BCUT2D eigenvalue weighted by molar-refractivity contribution is 5.92. The van der Waals surface area contributed by atoms with E-state index < -0.39 is 0 Å². The smallest absolute Gasteiger partial charge is 0.274 e. The molecule has 0 radical (unpaired) electrons. The standard InChI is InChI=1S/C21H25FN4O/c1-14-11-24-18(12-23-14)20(27)25-8-7-19-15(13-25)10-21(2,3)26(19)17-6-4-5-16(22)9-17/h4-6,9,11-12,15,19H,7-8,10,13H2,1-3H3/t15-,19+/m1/s1. The van der Waals surface area contributed by atoms with Crippen LogP contribution in [0.2, 0.25) is 0 Å². The monoisotopic (exact) mass is 368 g/mol. The van der Waals surface area contributed by atoms with Crippen LogP contribution < -0.4 is 4.90 Å². The highest BCUT2D eigenvalue weighted by atomic mass is 19.1. The highest BCUT2D eigenvalue weighted by Gasteiger charge is 2.48. The van der Waals surface area contributed by atoms with Crippen molar-refractivity contribution in [3.63, 3.8) is 0 Å². The predicted molar refractivity (Wildman–Crippen MR) is 102 cm³/mol. The van der Waals surface area contributed by atoms with Crippen LogP contribution in [0.15, 0.2) is 36.7 Å². The lowest BCUT2D eigenvalue weighted by Gasteiger charge is -2.41. The summed E-state index contributed by atoms with van der Waals surface area (Å²) in [6, 6.07) is 7.15. The average Bonchev–Trinajstić information content (AvgIpc) is 2.90. The summed E-state index contributed by atoms with van der Waals surface area (Å²) in [7, 11) is 0. The average molecular weight is 368 g/mol. The zero-order valence-corrected chi connectivity index (χ0v) is 16.0. The molecule has 2 fully saturated rings. The van der Waals surface area contributed by atoms with Gasteiger partial charge in [-0.1, -0.05) is 6.07 Å². The first kappa shape index (κ1) is 17.9. The maximum atomic E-state index is 13.8. The van der Waals surface area contributed by atoms with Gasteiger partial charge in [0.05, 0.1) is 11.9 Å². The van der Waals surface area contributed by atoms with E-state index in [1.807, 2.05) is 17.9 Å². The number of aromatic nitrogens is 2. The Balaban J connectivity index is 1.54. The fourth-order valence-electron chi connectivity index (χ4n) is 4.77. The number of benzene rings is 1. The van der Waals surface area contributed by atoms with Gasteiger partial charge in [0.1, 0.15) is 11.5 Å². The van der Waals surface area contributed by atoms with Gasteiger partial charge in [0, 0.05) is 36.6 Å². The number of fused-ring (bicyclic) bond motifs is 1. The Hall–Kier alpha value is -2.50. The minimum absolute atomic E-state index is 0.0528. The first-order valence-corrected chi connectivity index (χ1v) is 9.48. The lowest BCUT2D eigenvalue weighted by atomic mass is 9.89. The number of anilines is 1. The van der Waals surface area contributed by atoms with E-state index in [0.717, 1.165) is 24.2 Å². The highest BCUT2D eigenvalue weighted by Crippen LogP contribution is 2.44. The van der Waals surface area contributed by atoms with Crippen LogP contribution >= 0.6 is 0 Å². The number of carbonyl (C=O) groups excluding carboxylic acids is 1. The molecule has 0 aliphatic carbocycles. The largest absolute Gasteiger partial charge is 0.363 e. The van der Waals surface area contributed by atoms with Gasteiger partial charge >= 0.3 is 0 Å². The van der Waals surface area contributed by atoms with Gasteiger partial charge in [0.25, 0.3) is 5.91 Å². The number of halogens is 1.